The number of rotatable bonds is 6. The number of nitrogens with one attached hydrogen (secondary N) is 1. The average Bonchev–Trinajstić information content (AvgIpc) is 3.44. The van der Waals surface area contributed by atoms with Crippen molar-refractivity contribution in [2.24, 2.45) is 0 Å². The summed E-state index contributed by atoms with van der Waals surface area (Å²) in [6.07, 6.45) is 9.01. The van der Waals surface area contributed by atoms with Crippen molar-refractivity contribution in [3.8, 4) is 11.5 Å². The van der Waals surface area contributed by atoms with Gasteiger partial charge in [-0.3, -0.25) is 4.79 Å². The zero-order chi connectivity index (χ0) is 27.8. The Morgan fingerprint density at radius 1 is 1.20 bits per heavy atom. The number of likely N-dealkylation sites (tertiary alicyclic amines) is 1. The van der Waals surface area contributed by atoms with Crippen LogP contribution in [0.1, 0.15) is 37.1 Å². The Kier molecular flexibility index (Phi) is 6.50. The number of aromatic nitrogens is 7. The molecule has 11 nitrogen and oxygen atoms in total. The molecular weight excluding hydrogens is 513 g/mol. The van der Waals surface area contributed by atoms with Crippen LogP contribution < -0.4 is 10.1 Å². The zero-order valence-electron chi connectivity index (χ0n) is 22.0. The number of ether oxygens (including phenoxy) is 1. The molecule has 1 unspecified atom stereocenters. The molecule has 6 rings (SSSR count). The van der Waals surface area contributed by atoms with E-state index in [0.29, 0.717) is 51.9 Å². The van der Waals surface area contributed by atoms with Crippen molar-refractivity contribution in [2.75, 3.05) is 11.9 Å². The van der Waals surface area contributed by atoms with Crippen molar-refractivity contribution >= 4 is 34.1 Å². The molecule has 40 heavy (non-hydrogen) atoms. The van der Waals surface area contributed by atoms with Gasteiger partial charge in [0.25, 0.3) is 0 Å². The number of anilines is 2. The van der Waals surface area contributed by atoms with Gasteiger partial charge in [0.05, 0.1) is 11.9 Å². The van der Waals surface area contributed by atoms with E-state index in [4.69, 9.17) is 9.72 Å². The van der Waals surface area contributed by atoms with E-state index >= 15 is 4.39 Å². The fourth-order valence-corrected chi connectivity index (χ4v) is 5.00. The van der Waals surface area contributed by atoms with Crippen LogP contribution in [-0.2, 0) is 4.79 Å². The third kappa shape index (κ3) is 4.68. The van der Waals surface area contributed by atoms with Gasteiger partial charge in [-0.25, -0.2) is 33.8 Å². The Hall–Kier alpha value is -5.00. The molecule has 12 heteroatoms. The van der Waals surface area contributed by atoms with Crippen molar-refractivity contribution in [1.82, 2.24) is 39.4 Å². The molecular formula is C28H26FN9O2. The highest BCUT2D eigenvalue weighted by Gasteiger charge is 2.30. The molecule has 0 bridgehead atoms. The second-order valence-electron chi connectivity index (χ2n) is 9.69. The van der Waals surface area contributed by atoms with E-state index in [1.807, 2.05) is 11.8 Å². The van der Waals surface area contributed by atoms with E-state index in [1.165, 1.54) is 18.7 Å². The van der Waals surface area contributed by atoms with Crippen LogP contribution in [0.4, 0.5) is 15.9 Å². The predicted octanol–water partition coefficient (Wildman–Crippen LogP) is 4.73. The van der Waals surface area contributed by atoms with Crippen LogP contribution in [-0.4, -0.2) is 57.9 Å². The third-order valence-corrected chi connectivity index (χ3v) is 7.16. The van der Waals surface area contributed by atoms with Gasteiger partial charge in [-0.1, -0.05) is 6.58 Å². The van der Waals surface area contributed by atoms with Crippen LogP contribution in [0.3, 0.4) is 0 Å². The van der Waals surface area contributed by atoms with E-state index < -0.39 is 5.82 Å². The summed E-state index contributed by atoms with van der Waals surface area (Å²) in [6, 6.07) is 6.78. The minimum atomic E-state index is -0.477. The molecule has 2 atom stereocenters. The maximum absolute atomic E-state index is 15.5. The Morgan fingerprint density at radius 2 is 2.08 bits per heavy atom. The summed E-state index contributed by atoms with van der Waals surface area (Å²) < 4.78 is 23.1. The van der Waals surface area contributed by atoms with Gasteiger partial charge in [0.2, 0.25) is 5.91 Å². The number of pyridine rings is 1. The van der Waals surface area contributed by atoms with E-state index in [1.54, 1.807) is 48.1 Å². The highest BCUT2D eigenvalue weighted by atomic mass is 19.1. The molecule has 1 aromatic carbocycles. The first kappa shape index (κ1) is 25.3. The predicted molar refractivity (Wildman–Crippen MR) is 146 cm³/mol. The summed E-state index contributed by atoms with van der Waals surface area (Å²) in [6.45, 7) is 7.85. The van der Waals surface area contributed by atoms with E-state index in [0.717, 1.165) is 12.8 Å². The van der Waals surface area contributed by atoms with Crippen LogP contribution in [0.25, 0.3) is 16.7 Å². The summed E-state index contributed by atoms with van der Waals surface area (Å²) >= 11 is 0. The van der Waals surface area contributed by atoms with Crippen molar-refractivity contribution in [1.29, 1.82) is 0 Å². The number of amides is 1. The Morgan fingerprint density at radius 3 is 2.90 bits per heavy atom. The number of hydrogen-bond acceptors (Lipinski definition) is 9. The van der Waals surface area contributed by atoms with Gasteiger partial charge in [-0.2, -0.15) is 5.10 Å². The summed E-state index contributed by atoms with van der Waals surface area (Å²) in [5, 5.41) is 7.14. The lowest BCUT2D eigenvalue weighted by Crippen LogP contribution is -2.43. The molecule has 1 fully saturated rings. The summed E-state index contributed by atoms with van der Waals surface area (Å²) in [4.78, 5) is 36.0. The van der Waals surface area contributed by atoms with Crippen LogP contribution in [0.15, 0.2) is 62.0 Å². The van der Waals surface area contributed by atoms with Gasteiger partial charge in [-0.05, 0) is 51.0 Å². The molecule has 1 N–H and O–H groups in total. The zero-order valence-corrected chi connectivity index (χ0v) is 22.0. The normalized spacial score (nSPS) is 17.2. The molecule has 1 saturated heterocycles. The summed E-state index contributed by atoms with van der Waals surface area (Å²) in [5.74, 6) is 1.42. The molecule has 5 heterocycles. The van der Waals surface area contributed by atoms with E-state index in [9.17, 15) is 4.79 Å². The van der Waals surface area contributed by atoms with Crippen molar-refractivity contribution < 1.29 is 13.9 Å². The van der Waals surface area contributed by atoms with Gasteiger partial charge in [0, 0.05) is 36.3 Å². The molecule has 0 spiro atoms. The highest BCUT2D eigenvalue weighted by molar-refractivity contribution is 5.87. The quantitative estimate of drug-likeness (QED) is 0.305. The number of carbonyl (C=O) groups is 1. The fraction of sp³-hybridized carbons (Fsp3) is 0.250. The SMILES string of the molecule is C=CC(=O)N1CCC(c2ncc3ncnc(Nc4ccc(Oc5ccn6ncnc6c5)c(C)c4F)c3n2)C[C@@H]1C. The number of piperidine rings is 1. The maximum atomic E-state index is 15.5. The number of nitrogens with zero attached hydrogens (tertiary/aromatic N) is 8. The summed E-state index contributed by atoms with van der Waals surface area (Å²) in [7, 11) is 0. The first-order valence-electron chi connectivity index (χ1n) is 12.9. The van der Waals surface area contributed by atoms with E-state index in [2.05, 4.69) is 36.9 Å². The van der Waals surface area contributed by atoms with Gasteiger partial charge < -0.3 is 15.0 Å². The molecule has 1 amide bonds. The maximum Gasteiger partial charge on any atom is 0.246 e. The summed E-state index contributed by atoms with van der Waals surface area (Å²) in [5.41, 5.74) is 2.20. The second kappa shape index (κ2) is 10.3. The highest BCUT2D eigenvalue weighted by Crippen LogP contribution is 2.34. The molecule has 1 aliphatic rings. The first-order chi connectivity index (χ1) is 19.4. The lowest BCUT2D eigenvalue weighted by molar-refractivity contribution is -0.129. The first-order valence-corrected chi connectivity index (χ1v) is 12.9. The number of benzene rings is 1. The van der Waals surface area contributed by atoms with Crippen molar-refractivity contribution in [3.63, 3.8) is 0 Å². The second-order valence-corrected chi connectivity index (χ2v) is 9.69. The Labute approximate surface area is 228 Å². The lowest BCUT2D eigenvalue weighted by atomic mass is 9.90. The van der Waals surface area contributed by atoms with Crippen molar-refractivity contribution in [3.05, 3.63) is 79.2 Å². The number of halogens is 1. The van der Waals surface area contributed by atoms with Crippen molar-refractivity contribution in [2.45, 2.75) is 38.6 Å². The molecule has 4 aromatic heterocycles. The third-order valence-electron chi connectivity index (χ3n) is 7.16. The molecule has 0 aliphatic carbocycles. The van der Waals surface area contributed by atoms with Crippen LogP contribution in [0.5, 0.6) is 11.5 Å². The van der Waals surface area contributed by atoms with E-state index in [-0.39, 0.29) is 23.6 Å². The van der Waals surface area contributed by atoms with Crippen LogP contribution in [0.2, 0.25) is 0 Å². The standard InChI is InChI=1S/C28H26FN9O2/c1-4-24(39)37-9-7-18(11-16(37)2)27-30-13-21-26(36-27)28(33-14-31-21)35-20-5-6-22(17(3)25(20)29)40-19-8-10-38-23(12-19)32-15-34-38/h4-6,8,10,12-16,18H,1,7,9,11H2,2-3H3,(H,31,33,35)/t16-,18?/m0/s1. The van der Waals surface area contributed by atoms with Gasteiger partial charge in [0.15, 0.2) is 17.3 Å². The lowest BCUT2D eigenvalue weighted by Gasteiger charge is -2.36. The Bertz CT molecular complexity index is 1760. The van der Waals surface area contributed by atoms with Crippen LogP contribution >= 0.6 is 0 Å². The molecule has 0 radical (unpaired) electrons. The number of hydrogen-bond donors (Lipinski definition) is 1. The minimum Gasteiger partial charge on any atom is -0.457 e. The molecule has 202 valence electrons. The number of fused-ring (bicyclic) bond motifs is 2. The average molecular weight is 540 g/mol. The van der Waals surface area contributed by atoms with Gasteiger partial charge >= 0.3 is 0 Å². The monoisotopic (exact) mass is 539 g/mol. The van der Waals surface area contributed by atoms with Gasteiger partial charge in [0.1, 0.15) is 41.0 Å². The fourth-order valence-electron chi connectivity index (χ4n) is 5.00. The smallest absolute Gasteiger partial charge is 0.246 e. The van der Waals surface area contributed by atoms with Crippen LogP contribution in [0, 0.1) is 12.7 Å². The molecule has 1 aliphatic heterocycles. The Balaban J connectivity index is 1.25. The van der Waals surface area contributed by atoms with Gasteiger partial charge in [-0.15, -0.1) is 0 Å². The minimum absolute atomic E-state index is 0.0317. The molecule has 0 saturated carbocycles. The number of carbonyl (C=O) groups excluding carboxylic acids is 1. The largest absolute Gasteiger partial charge is 0.457 e. The molecule has 5 aromatic rings. The topological polar surface area (TPSA) is 123 Å².